The third kappa shape index (κ3) is 5.52. The third-order valence-corrected chi connectivity index (χ3v) is 6.79. The van der Waals surface area contributed by atoms with E-state index in [4.69, 9.17) is 4.74 Å². The highest BCUT2D eigenvalue weighted by molar-refractivity contribution is 8.02. The van der Waals surface area contributed by atoms with Gasteiger partial charge in [-0.25, -0.2) is 0 Å². The molecule has 0 fully saturated rings. The van der Waals surface area contributed by atoms with Crippen LogP contribution >= 0.6 is 23.1 Å². The average Bonchev–Trinajstić information content (AvgIpc) is 3.20. The van der Waals surface area contributed by atoms with Gasteiger partial charge in [-0.15, -0.1) is 10.2 Å². The van der Waals surface area contributed by atoms with Crippen LogP contribution in [0.15, 0.2) is 52.9 Å². The minimum atomic E-state index is -0.304. The molecule has 0 spiro atoms. The highest BCUT2D eigenvalue weighted by Gasteiger charge is 2.19. The standard InChI is InChI=1S/C22H26N4O2S2/c1-5-14(2)16-10-6-7-11-17(16)23-20(27)15(3)29-22-26-25-21(30-22)24-18-12-8-9-13-19(18)28-4/h6-15H,5H2,1-4H3,(H,23,27)(H,24,25)/t14-,15+/m0/s1. The fourth-order valence-electron chi connectivity index (χ4n) is 2.87. The van der Waals surface area contributed by atoms with Crippen LogP contribution in [0.3, 0.4) is 0 Å². The third-order valence-electron chi connectivity index (χ3n) is 4.76. The van der Waals surface area contributed by atoms with Crippen molar-refractivity contribution in [3.8, 4) is 5.75 Å². The van der Waals surface area contributed by atoms with Gasteiger partial charge < -0.3 is 15.4 Å². The van der Waals surface area contributed by atoms with E-state index < -0.39 is 0 Å². The summed E-state index contributed by atoms with van der Waals surface area (Å²) in [6.07, 6.45) is 1.02. The Hall–Kier alpha value is -2.58. The molecule has 2 atom stereocenters. The Labute approximate surface area is 185 Å². The van der Waals surface area contributed by atoms with Gasteiger partial charge in [0.05, 0.1) is 18.0 Å². The van der Waals surface area contributed by atoms with Crippen molar-refractivity contribution in [3.05, 3.63) is 54.1 Å². The molecule has 158 valence electrons. The largest absolute Gasteiger partial charge is 0.495 e. The number of aromatic nitrogens is 2. The summed E-state index contributed by atoms with van der Waals surface area (Å²) in [5, 5.41) is 15.0. The van der Waals surface area contributed by atoms with Crippen molar-refractivity contribution in [2.45, 2.75) is 42.7 Å². The van der Waals surface area contributed by atoms with E-state index in [9.17, 15) is 4.79 Å². The molecule has 2 N–H and O–H groups in total. The van der Waals surface area contributed by atoms with Crippen LogP contribution in [0.5, 0.6) is 5.75 Å². The molecule has 6 nitrogen and oxygen atoms in total. The minimum absolute atomic E-state index is 0.0507. The molecule has 8 heteroatoms. The van der Waals surface area contributed by atoms with Gasteiger partial charge in [0.25, 0.3) is 0 Å². The quantitative estimate of drug-likeness (QED) is 0.400. The van der Waals surface area contributed by atoms with E-state index in [1.165, 1.54) is 23.1 Å². The van der Waals surface area contributed by atoms with Crippen LogP contribution in [-0.2, 0) is 4.79 Å². The van der Waals surface area contributed by atoms with Crippen LogP contribution in [0.1, 0.15) is 38.7 Å². The average molecular weight is 443 g/mol. The molecule has 0 aliphatic heterocycles. The van der Waals surface area contributed by atoms with Crippen LogP contribution < -0.4 is 15.4 Å². The molecule has 1 heterocycles. The van der Waals surface area contributed by atoms with Crippen molar-refractivity contribution >= 4 is 45.5 Å². The van der Waals surface area contributed by atoms with Crippen molar-refractivity contribution in [3.63, 3.8) is 0 Å². The number of nitrogens with zero attached hydrogens (tertiary/aromatic N) is 2. The molecule has 1 amide bonds. The van der Waals surface area contributed by atoms with E-state index in [0.29, 0.717) is 11.0 Å². The van der Waals surface area contributed by atoms with E-state index in [0.717, 1.165) is 33.4 Å². The number of anilines is 3. The number of rotatable bonds is 9. The van der Waals surface area contributed by atoms with Crippen molar-refractivity contribution in [2.75, 3.05) is 17.7 Å². The van der Waals surface area contributed by atoms with Gasteiger partial charge in [-0.05, 0) is 43.0 Å². The van der Waals surface area contributed by atoms with Gasteiger partial charge >= 0.3 is 0 Å². The van der Waals surface area contributed by atoms with Crippen LogP contribution in [0.2, 0.25) is 0 Å². The number of hydrogen-bond acceptors (Lipinski definition) is 7. The number of hydrogen-bond donors (Lipinski definition) is 2. The van der Waals surface area contributed by atoms with Crippen molar-refractivity contribution in [2.24, 2.45) is 0 Å². The molecule has 0 aliphatic rings. The number of para-hydroxylation sites is 3. The van der Waals surface area contributed by atoms with E-state index in [1.54, 1.807) is 7.11 Å². The van der Waals surface area contributed by atoms with Gasteiger partial charge in [-0.1, -0.05) is 67.3 Å². The lowest BCUT2D eigenvalue weighted by Gasteiger charge is -2.17. The summed E-state index contributed by atoms with van der Waals surface area (Å²) in [6.45, 7) is 6.19. The monoisotopic (exact) mass is 442 g/mol. The van der Waals surface area contributed by atoms with Gasteiger partial charge in [0, 0.05) is 5.69 Å². The summed E-state index contributed by atoms with van der Waals surface area (Å²) in [5.41, 5.74) is 2.85. The summed E-state index contributed by atoms with van der Waals surface area (Å²) in [6, 6.07) is 15.6. The van der Waals surface area contributed by atoms with E-state index in [-0.39, 0.29) is 11.2 Å². The Morgan fingerprint density at radius 2 is 1.80 bits per heavy atom. The lowest BCUT2D eigenvalue weighted by molar-refractivity contribution is -0.115. The first-order valence-corrected chi connectivity index (χ1v) is 11.5. The van der Waals surface area contributed by atoms with E-state index in [1.807, 2.05) is 49.4 Å². The van der Waals surface area contributed by atoms with E-state index >= 15 is 0 Å². The summed E-state index contributed by atoms with van der Waals surface area (Å²) >= 11 is 2.80. The summed E-state index contributed by atoms with van der Waals surface area (Å²) in [7, 11) is 1.63. The summed E-state index contributed by atoms with van der Waals surface area (Å²) in [4.78, 5) is 12.8. The summed E-state index contributed by atoms with van der Waals surface area (Å²) in [5.74, 6) is 1.07. The number of ether oxygens (including phenoxy) is 1. The van der Waals surface area contributed by atoms with Crippen LogP contribution in [-0.4, -0.2) is 28.5 Å². The second kappa shape index (κ2) is 10.4. The Morgan fingerprint density at radius 1 is 1.10 bits per heavy atom. The number of benzene rings is 2. The molecule has 0 saturated heterocycles. The smallest absolute Gasteiger partial charge is 0.237 e. The van der Waals surface area contributed by atoms with Crippen molar-refractivity contribution in [1.29, 1.82) is 0 Å². The molecular weight excluding hydrogens is 416 g/mol. The first-order valence-electron chi connectivity index (χ1n) is 9.81. The molecule has 0 aliphatic carbocycles. The Bertz CT molecular complexity index is 993. The molecule has 3 rings (SSSR count). The first-order chi connectivity index (χ1) is 14.5. The molecule has 1 aromatic heterocycles. The van der Waals surface area contributed by atoms with Gasteiger partial charge in [-0.3, -0.25) is 4.79 Å². The second-order valence-corrected chi connectivity index (χ2v) is 9.41. The normalized spacial score (nSPS) is 12.8. The number of methoxy groups -OCH3 is 1. The molecule has 3 aromatic rings. The minimum Gasteiger partial charge on any atom is -0.495 e. The molecule has 2 aromatic carbocycles. The fraction of sp³-hybridized carbons (Fsp3) is 0.318. The maximum Gasteiger partial charge on any atom is 0.237 e. The fourth-order valence-corrected chi connectivity index (χ4v) is 4.78. The van der Waals surface area contributed by atoms with Gasteiger partial charge in [0.15, 0.2) is 4.34 Å². The van der Waals surface area contributed by atoms with Crippen LogP contribution in [0.4, 0.5) is 16.5 Å². The predicted octanol–water partition coefficient (Wildman–Crippen LogP) is 5.92. The Morgan fingerprint density at radius 3 is 2.53 bits per heavy atom. The summed E-state index contributed by atoms with van der Waals surface area (Å²) < 4.78 is 6.07. The number of carbonyl (C=O) groups is 1. The SMILES string of the molecule is CC[C@H](C)c1ccccc1NC(=O)[C@@H](C)Sc1nnc(Nc2ccccc2OC)s1. The second-order valence-electron chi connectivity index (χ2n) is 6.84. The Kier molecular flexibility index (Phi) is 7.70. The van der Waals surface area contributed by atoms with Crippen molar-refractivity contribution in [1.82, 2.24) is 10.2 Å². The maximum atomic E-state index is 12.8. The maximum absolute atomic E-state index is 12.8. The Balaban J connectivity index is 1.63. The topological polar surface area (TPSA) is 76.1 Å². The molecule has 0 saturated carbocycles. The molecule has 0 unspecified atom stereocenters. The molecule has 0 bridgehead atoms. The van der Waals surface area contributed by atoms with Gasteiger partial charge in [-0.2, -0.15) is 0 Å². The van der Waals surface area contributed by atoms with E-state index in [2.05, 4.69) is 40.7 Å². The molecule has 0 radical (unpaired) electrons. The predicted molar refractivity (Wildman–Crippen MR) is 125 cm³/mol. The van der Waals surface area contributed by atoms with Crippen LogP contribution in [0.25, 0.3) is 0 Å². The highest BCUT2D eigenvalue weighted by Crippen LogP contribution is 2.33. The van der Waals surface area contributed by atoms with Gasteiger partial charge in [0.2, 0.25) is 11.0 Å². The number of nitrogens with one attached hydrogen (secondary N) is 2. The molecular formula is C22H26N4O2S2. The zero-order valence-electron chi connectivity index (χ0n) is 17.5. The molecule has 30 heavy (non-hydrogen) atoms. The van der Waals surface area contributed by atoms with Crippen LogP contribution in [0, 0.1) is 0 Å². The first kappa shape index (κ1) is 22.1. The van der Waals surface area contributed by atoms with Crippen molar-refractivity contribution < 1.29 is 9.53 Å². The van der Waals surface area contributed by atoms with Gasteiger partial charge in [0.1, 0.15) is 5.75 Å². The number of amides is 1. The number of carbonyl (C=O) groups excluding carboxylic acids is 1. The zero-order chi connectivity index (χ0) is 21.5. The lowest BCUT2D eigenvalue weighted by atomic mass is 9.97. The number of thioether (sulfide) groups is 1. The highest BCUT2D eigenvalue weighted by atomic mass is 32.2. The lowest BCUT2D eigenvalue weighted by Crippen LogP contribution is -2.23. The zero-order valence-corrected chi connectivity index (χ0v) is 19.1.